The number of carbonyl (C=O) groups excluding carboxylic acids is 1. The number of anilines is 1. The van der Waals surface area contributed by atoms with Crippen LogP contribution >= 0.6 is 0 Å². The number of benzene rings is 2. The summed E-state index contributed by atoms with van der Waals surface area (Å²) in [6, 6.07) is 13.0. The van der Waals surface area contributed by atoms with Crippen molar-refractivity contribution in [3.8, 4) is 5.75 Å². The fourth-order valence-corrected chi connectivity index (χ4v) is 2.49. The van der Waals surface area contributed by atoms with Crippen LogP contribution in [0.1, 0.15) is 11.6 Å². The van der Waals surface area contributed by atoms with Gasteiger partial charge in [-0.15, -0.1) is 0 Å². The number of nitrogens with one attached hydrogen (secondary N) is 2. The molecule has 26 heavy (non-hydrogen) atoms. The van der Waals surface area contributed by atoms with E-state index >= 15 is 0 Å². The highest BCUT2D eigenvalue weighted by molar-refractivity contribution is 5.89. The molecule has 2 amide bonds. The predicted molar refractivity (Wildman–Crippen MR) is 99.5 cm³/mol. The molecule has 0 spiro atoms. The van der Waals surface area contributed by atoms with Gasteiger partial charge in [0.25, 0.3) is 5.69 Å². The van der Waals surface area contributed by atoms with Crippen LogP contribution in [-0.2, 0) is 0 Å². The Bertz CT molecular complexity index is 762. The van der Waals surface area contributed by atoms with Gasteiger partial charge >= 0.3 is 6.03 Å². The maximum atomic E-state index is 12.1. The fraction of sp³-hybridized carbons (Fsp3) is 0.278. The number of ether oxygens (including phenoxy) is 1. The first-order chi connectivity index (χ1) is 12.4. The van der Waals surface area contributed by atoms with Gasteiger partial charge in [-0.3, -0.25) is 10.1 Å². The molecule has 0 saturated heterocycles. The van der Waals surface area contributed by atoms with E-state index in [1.54, 1.807) is 13.2 Å². The minimum Gasteiger partial charge on any atom is -0.497 e. The van der Waals surface area contributed by atoms with Crippen molar-refractivity contribution >= 4 is 17.4 Å². The lowest BCUT2D eigenvalue weighted by atomic mass is 10.1. The van der Waals surface area contributed by atoms with Crippen molar-refractivity contribution in [3.05, 3.63) is 64.2 Å². The molecule has 1 unspecified atom stereocenters. The Kier molecular flexibility index (Phi) is 6.51. The SMILES string of the molecule is COc1ccc(C(CNC(=O)Nc2cccc([N+](=O)[O-])c2)N(C)C)cc1. The Morgan fingerprint density at radius 1 is 1.23 bits per heavy atom. The number of non-ortho nitro benzene ring substituents is 1. The summed E-state index contributed by atoms with van der Waals surface area (Å²) in [7, 11) is 5.46. The summed E-state index contributed by atoms with van der Waals surface area (Å²) in [5.41, 5.74) is 1.32. The van der Waals surface area contributed by atoms with E-state index in [0.717, 1.165) is 11.3 Å². The van der Waals surface area contributed by atoms with Gasteiger partial charge in [-0.25, -0.2) is 4.79 Å². The van der Waals surface area contributed by atoms with E-state index in [4.69, 9.17) is 4.74 Å². The second kappa shape index (κ2) is 8.82. The van der Waals surface area contributed by atoms with Crippen LogP contribution in [-0.4, -0.2) is 43.6 Å². The van der Waals surface area contributed by atoms with Gasteiger partial charge in [0.2, 0.25) is 0 Å². The van der Waals surface area contributed by atoms with Crippen LogP contribution in [0.15, 0.2) is 48.5 Å². The van der Waals surface area contributed by atoms with Gasteiger partial charge in [0.05, 0.1) is 18.1 Å². The molecule has 0 fully saturated rings. The van der Waals surface area contributed by atoms with E-state index < -0.39 is 11.0 Å². The van der Waals surface area contributed by atoms with Gasteiger partial charge in [-0.1, -0.05) is 18.2 Å². The minimum atomic E-state index is -0.505. The van der Waals surface area contributed by atoms with E-state index in [1.807, 2.05) is 43.3 Å². The van der Waals surface area contributed by atoms with Crippen LogP contribution in [0.2, 0.25) is 0 Å². The minimum absolute atomic E-state index is 0.0308. The summed E-state index contributed by atoms with van der Waals surface area (Å²) in [5, 5.41) is 16.2. The van der Waals surface area contributed by atoms with Crippen molar-refractivity contribution in [1.29, 1.82) is 0 Å². The molecule has 0 saturated carbocycles. The molecule has 2 aromatic carbocycles. The third-order valence-corrected chi connectivity index (χ3v) is 3.89. The van der Waals surface area contributed by atoms with Gasteiger partial charge in [0.15, 0.2) is 0 Å². The highest BCUT2D eigenvalue weighted by atomic mass is 16.6. The maximum absolute atomic E-state index is 12.1. The van der Waals surface area contributed by atoms with Crippen molar-refractivity contribution < 1.29 is 14.5 Å². The monoisotopic (exact) mass is 358 g/mol. The average molecular weight is 358 g/mol. The van der Waals surface area contributed by atoms with Crippen molar-refractivity contribution in [2.45, 2.75) is 6.04 Å². The van der Waals surface area contributed by atoms with Crippen LogP contribution in [0.5, 0.6) is 5.75 Å². The molecular formula is C18H22N4O4. The van der Waals surface area contributed by atoms with E-state index in [9.17, 15) is 14.9 Å². The Morgan fingerprint density at radius 2 is 1.92 bits per heavy atom. The number of rotatable bonds is 7. The standard InChI is InChI=1S/C18H22N4O4/c1-21(2)17(13-7-9-16(26-3)10-8-13)12-19-18(23)20-14-5-4-6-15(11-14)22(24)25/h4-11,17H,12H2,1-3H3,(H2,19,20,23). The van der Waals surface area contributed by atoms with Crippen LogP contribution in [0.4, 0.5) is 16.2 Å². The molecule has 8 nitrogen and oxygen atoms in total. The van der Waals surface area contributed by atoms with Crippen molar-refractivity contribution in [3.63, 3.8) is 0 Å². The first kappa shape index (κ1) is 19.2. The van der Waals surface area contributed by atoms with Crippen molar-refractivity contribution in [1.82, 2.24) is 10.2 Å². The van der Waals surface area contributed by atoms with Crippen LogP contribution in [0.3, 0.4) is 0 Å². The predicted octanol–water partition coefficient (Wildman–Crippen LogP) is 3.03. The Hall–Kier alpha value is -3.13. The van der Waals surface area contributed by atoms with E-state index in [2.05, 4.69) is 10.6 Å². The molecule has 0 radical (unpaired) electrons. The zero-order valence-electron chi connectivity index (χ0n) is 14.9. The molecule has 1 atom stereocenters. The highest BCUT2D eigenvalue weighted by Gasteiger charge is 2.16. The summed E-state index contributed by atoms with van der Waals surface area (Å²) < 4.78 is 5.16. The number of likely N-dealkylation sites (N-methyl/N-ethyl adjacent to an activating group) is 1. The molecule has 0 aliphatic heterocycles. The Labute approximate surface area is 151 Å². The topological polar surface area (TPSA) is 96.7 Å². The fourth-order valence-electron chi connectivity index (χ4n) is 2.49. The zero-order valence-corrected chi connectivity index (χ0v) is 14.9. The molecule has 8 heteroatoms. The average Bonchev–Trinajstić information content (AvgIpc) is 2.62. The molecule has 0 aliphatic carbocycles. The quantitative estimate of drug-likeness (QED) is 0.586. The molecule has 2 N–H and O–H groups in total. The Balaban J connectivity index is 1.98. The zero-order chi connectivity index (χ0) is 19.1. The van der Waals surface area contributed by atoms with E-state index in [0.29, 0.717) is 12.2 Å². The number of amides is 2. The number of nitrogens with zero attached hydrogens (tertiary/aromatic N) is 2. The number of nitro groups is 1. The number of carbonyl (C=O) groups is 1. The van der Waals surface area contributed by atoms with E-state index in [1.165, 1.54) is 18.2 Å². The number of urea groups is 1. The largest absolute Gasteiger partial charge is 0.497 e. The third-order valence-electron chi connectivity index (χ3n) is 3.89. The summed E-state index contributed by atoms with van der Waals surface area (Å²) >= 11 is 0. The van der Waals surface area contributed by atoms with Crippen LogP contribution in [0.25, 0.3) is 0 Å². The molecule has 0 bridgehead atoms. The smallest absolute Gasteiger partial charge is 0.319 e. The molecule has 0 aliphatic rings. The lowest BCUT2D eigenvalue weighted by Gasteiger charge is -2.25. The highest BCUT2D eigenvalue weighted by Crippen LogP contribution is 2.21. The lowest BCUT2D eigenvalue weighted by Crippen LogP contribution is -2.36. The first-order valence-corrected chi connectivity index (χ1v) is 8.00. The van der Waals surface area contributed by atoms with Crippen LogP contribution in [0, 0.1) is 10.1 Å². The molecule has 138 valence electrons. The van der Waals surface area contributed by atoms with E-state index in [-0.39, 0.29) is 11.7 Å². The molecule has 2 aromatic rings. The van der Waals surface area contributed by atoms with Crippen molar-refractivity contribution in [2.24, 2.45) is 0 Å². The summed E-state index contributed by atoms with van der Waals surface area (Å²) in [5.74, 6) is 0.766. The van der Waals surface area contributed by atoms with Gasteiger partial charge in [-0.05, 0) is 37.9 Å². The number of hydrogen-bond donors (Lipinski definition) is 2. The number of hydrogen-bond acceptors (Lipinski definition) is 5. The second-order valence-electron chi connectivity index (χ2n) is 5.90. The summed E-state index contributed by atoms with van der Waals surface area (Å²) in [6.07, 6.45) is 0. The normalized spacial score (nSPS) is 11.7. The molecular weight excluding hydrogens is 336 g/mol. The summed E-state index contributed by atoms with van der Waals surface area (Å²) in [4.78, 5) is 24.4. The number of nitro benzene ring substituents is 1. The maximum Gasteiger partial charge on any atom is 0.319 e. The Morgan fingerprint density at radius 3 is 2.50 bits per heavy atom. The third kappa shape index (κ3) is 5.18. The second-order valence-corrected chi connectivity index (χ2v) is 5.90. The number of methoxy groups -OCH3 is 1. The van der Waals surface area contributed by atoms with Gasteiger partial charge < -0.3 is 20.3 Å². The van der Waals surface area contributed by atoms with Crippen molar-refractivity contribution in [2.75, 3.05) is 33.1 Å². The van der Waals surface area contributed by atoms with Crippen LogP contribution < -0.4 is 15.4 Å². The molecule has 0 aromatic heterocycles. The first-order valence-electron chi connectivity index (χ1n) is 8.00. The summed E-state index contributed by atoms with van der Waals surface area (Å²) in [6.45, 7) is 0.375. The van der Waals surface area contributed by atoms with Gasteiger partial charge in [-0.2, -0.15) is 0 Å². The van der Waals surface area contributed by atoms with Gasteiger partial charge in [0.1, 0.15) is 5.75 Å². The van der Waals surface area contributed by atoms with Gasteiger partial charge in [0, 0.05) is 24.4 Å². The lowest BCUT2D eigenvalue weighted by molar-refractivity contribution is -0.384. The molecule has 0 heterocycles. The molecule has 2 rings (SSSR count).